The van der Waals surface area contributed by atoms with Gasteiger partial charge in [-0.3, -0.25) is 14.0 Å². The predicted octanol–water partition coefficient (Wildman–Crippen LogP) is 1.84. The molecule has 21 heavy (non-hydrogen) atoms. The number of fused-ring (bicyclic) bond motifs is 1. The number of benzene rings is 1. The Balaban J connectivity index is 1.93. The Kier molecular flexibility index (Phi) is 3.27. The zero-order valence-electron chi connectivity index (χ0n) is 11.5. The third-order valence-corrected chi connectivity index (χ3v) is 3.27. The van der Waals surface area contributed by atoms with Gasteiger partial charge in [0.15, 0.2) is 0 Å². The fraction of sp³-hybridized carbons (Fsp3) is 0.133. The molecule has 0 spiro atoms. The van der Waals surface area contributed by atoms with E-state index in [1.807, 2.05) is 25.1 Å². The molecule has 0 aliphatic rings. The molecule has 0 unspecified atom stereocenters. The highest BCUT2D eigenvalue weighted by molar-refractivity contribution is 6.03. The summed E-state index contributed by atoms with van der Waals surface area (Å²) in [5, 5.41) is 2.73. The van der Waals surface area contributed by atoms with E-state index in [0.717, 1.165) is 12.0 Å². The summed E-state index contributed by atoms with van der Waals surface area (Å²) in [7, 11) is 0. The van der Waals surface area contributed by atoms with Crippen molar-refractivity contribution in [2.24, 2.45) is 0 Å². The van der Waals surface area contributed by atoms with Crippen molar-refractivity contribution in [1.29, 1.82) is 0 Å². The predicted molar refractivity (Wildman–Crippen MR) is 79.6 cm³/mol. The second-order valence-electron chi connectivity index (χ2n) is 4.64. The van der Waals surface area contributed by atoms with E-state index in [-0.39, 0.29) is 5.56 Å². The highest BCUT2D eigenvalue weighted by Crippen LogP contribution is 2.12. The van der Waals surface area contributed by atoms with Crippen LogP contribution in [0.15, 0.2) is 47.7 Å². The van der Waals surface area contributed by atoms with Crippen LogP contribution >= 0.6 is 0 Å². The Morgan fingerprint density at radius 1 is 1.43 bits per heavy atom. The van der Waals surface area contributed by atoms with Crippen molar-refractivity contribution < 1.29 is 4.79 Å². The first-order chi connectivity index (χ1) is 10.2. The highest BCUT2D eigenvalue weighted by Gasteiger charge is 2.13. The molecule has 3 aromatic rings. The minimum Gasteiger partial charge on any atom is -0.330 e. The number of hydrogen-bond donors (Lipinski definition) is 2. The van der Waals surface area contributed by atoms with Crippen LogP contribution in [0, 0.1) is 0 Å². The summed E-state index contributed by atoms with van der Waals surface area (Å²) < 4.78 is 1.30. The fourth-order valence-corrected chi connectivity index (χ4v) is 2.12. The molecule has 6 nitrogen and oxygen atoms in total. The number of nitrogens with zero attached hydrogens (tertiary/aromatic N) is 2. The summed E-state index contributed by atoms with van der Waals surface area (Å²) >= 11 is 0. The highest BCUT2D eigenvalue weighted by atomic mass is 16.2. The number of rotatable bonds is 3. The van der Waals surface area contributed by atoms with Crippen LogP contribution < -0.4 is 10.9 Å². The lowest BCUT2D eigenvalue weighted by molar-refractivity contribution is 0.102. The van der Waals surface area contributed by atoms with Crippen LogP contribution in [0.25, 0.3) is 5.78 Å². The van der Waals surface area contributed by atoms with E-state index in [9.17, 15) is 9.59 Å². The van der Waals surface area contributed by atoms with Gasteiger partial charge in [-0.1, -0.05) is 19.1 Å². The van der Waals surface area contributed by atoms with Crippen molar-refractivity contribution in [2.45, 2.75) is 13.3 Å². The topological polar surface area (TPSA) is 79.3 Å². The van der Waals surface area contributed by atoms with Gasteiger partial charge in [-0.05, 0) is 24.1 Å². The van der Waals surface area contributed by atoms with Crippen molar-refractivity contribution in [3.8, 4) is 0 Å². The summed E-state index contributed by atoms with van der Waals surface area (Å²) in [6.07, 6.45) is 5.30. The molecule has 1 aromatic carbocycles. The number of aromatic nitrogens is 3. The quantitative estimate of drug-likeness (QED) is 0.769. The first-order valence-electron chi connectivity index (χ1n) is 6.64. The van der Waals surface area contributed by atoms with Gasteiger partial charge < -0.3 is 10.3 Å². The number of hydrogen-bond acceptors (Lipinski definition) is 3. The van der Waals surface area contributed by atoms with Crippen molar-refractivity contribution in [1.82, 2.24) is 14.4 Å². The van der Waals surface area contributed by atoms with Crippen LogP contribution in [0.4, 0.5) is 5.69 Å². The van der Waals surface area contributed by atoms with Crippen LogP contribution in [0.3, 0.4) is 0 Å². The summed E-state index contributed by atoms with van der Waals surface area (Å²) in [6, 6.07) is 7.53. The minimum atomic E-state index is -0.462. The maximum absolute atomic E-state index is 12.2. The van der Waals surface area contributed by atoms with Crippen LogP contribution in [0.5, 0.6) is 0 Å². The maximum Gasteiger partial charge on any atom is 0.271 e. The van der Waals surface area contributed by atoms with Crippen molar-refractivity contribution >= 4 is 17.4 Å². The number of anilines is 1. The Labute approximate surface area is 120 Å². The molecule has 0 aliphatic carbocycles. The molecule has 0 fully saturated rings. The van der Waals surface area contributed by atoms with E-state index in [1.54, 1.807) is 18.5 Å². The number of carbonyl (C=O) groups excluding carboxylic acids is 1. The molecule has 2 N–H and O–H groups in total. The molecule has 0 bridgehead atoms. The molecule has 2 aromatic heterocycles. The molecule has 3 rings (SSSR count). The molecule has 0 saturated carbocycles. The Morgan fingerprint density at radius 3 is 3.10 bits per heavy atom. The van der Waals surface area contributed by atoms with Gasteiger partial charge in [-0.25, -0.2) is 4.98 Å². The Bertz CT molecular complexity index is 863. The number of nitrogens with one attached hydrogen (secondary N) is 2. The van der Waals surface area contributed by atoms with E-state index < -0.39 is 11.5 Å². The molecular formula is C15H14N4O2. The zero-order chi connectivity index (χ0) is 14.8. The average Bonchev–Trinajstić information content (AvgIpc) is 2.97. The Hall–Kier alpha value is -2.89. The Morgan fingerprint density at radius 2 is 2.29 bits per heavy atom. The number of carbonyl (C=O) groups is 1. The van der Waals surface area contributed by atoms with E-state index in [0.29, 0.717) is 11.5 Å². The normalized spacial score (nSPS) is 10.7. The number of aryl methyl sites for hydroxylation is 1. The van der Waals surface area contributed by atoms with Gasteiger partial charge in [0.1, 0.15) is 5.56 Å². The van der Waals surface area contributed by atoms with E-state index in [4.69, 9.17) is 0 Å². The van der Waals surface area contributed by atoms with Gasteiger partial charge in [0.2, 0.25) is 5.78 Å². The van der Waals surface area contributed by atoms with Crippen LogP contribution in [-0.2, 0) is 6.42 Å². The largest absolute Gasteiger partial charge is 0.330 e. The lowest BCUT2D eigenvalue weighted by Crippen LogP contribution is -2.26. The van der Waals surface area contributed by atoms with Gasteiger partial charge in [-0.2, -0.15) is 0 Å². The monoisotopic (exact) mass is 282 g/mol. The zero-order valence-corrected chi connectivity index (χ0v) is 11.5. The second-order valence-corrected chi connectivity index (χ2v) is 4.64. The molecular weight excluding hydrogens is 268 g/mol. The SMILES string of the molecule is CCc1cccc(NC(=O)c2cnc3[nH]ccn3c2=O)c1. The summed E-state index contributed by atoms with van der Waals surface area (Å²) in [4.78, 5) is 31.3. The van der Waals surface area contributed by atoms with Gasteiger partial charge in [-0.15, -0.1) is 0 Å². The fourth-order valence-electron chi connectivity index (χ4n) is 2.12. The second kappa shape index (κ2) is 5.24. The lowest BCUT2D eigenvalue weighted by Gasteiger charge is -2.06. The van der Waals surface area contributed by atoms with Crippen molar-refractivity contribution in [3.63, 3.8) is 0 Å². The average molecular weight is 282 g/mol. The number of aromatic amines is 1. The van der Waals surface area contributed by atoms with Crippen molar-refractivity contribution in [3.05, 3.63) is 64.3 Å². The number of amides is 1. The smallest absolute Gasteiger partial charge is 0.271 e. The summed E-state index contributed by atoms with van der Waals surface area (Å²) in [5.41, 5.74) is 1.39. The molecule has 0 saturated heterocycles. The first-order valence-corrected chi connectivity index (χ1v) is 6.64. The standard InChI is InChI=1S/C15H14N4O2/c1-2-10-4-3-5-11(8-10)18-13(20)12-9-17-15-16-6-7-19(15)14(12)21/h3-9H,2H2,1H3,(H,16,17)(H,18,20). The van der Waals surface area contributed by atoms with E-state index in [2.05, 4.69) is 15.3 Å². The molecule has 2 heterocycles. The molecule has 0 radical (unpaired) electrons. The third-order valence-electron chi connectivity index (χ3n) is 3.27. The van der Waals surface area contributed by atoms with Crippen LogP contribution in [0.1, 0.15) is 22.8 Å². The first kappa shape index (κ1) is 13.1. The molecule has 0 aliphatic heterocycles. The minimum absolute atomic E-state index is 0.00833. The molecule has 6 heteroatoms. The molecule has 106 valence electrons. The van der Waals surface area contributed by atoms with Crippen molar-refractivity contribution in [2.75, 3.05) is 5.32 Å². The van der Waals surface area contributed by atoms with Gasteiger partial charge in [0.05, 0.1) is 0 Å². The molecule has 1 amide bonds. The number of H-pyrrole nitrogens is 1. The summed E-state index contributed by atoms with van der Waals surface area (Å²) in [6.45, 7) is 2.04. The molecule has 0 atom stereocenters. The maximum atomic E-state index is 12.2. The van der Waals surface area contributed by atoms with Gasteiger partial charge >= 0.3 is 0 Å². The van der Waals surface area contributed by atoms with E-state index in [1.165, 1.54) is 10.6 Å². The summed E-state index contributed by atoms with van der Waals surface area (Å²) in [5.74, 6) is -0.0547. The number of imidazole rings is 1. The third kappa shape index (κ3) is 2.43. The van der Waals surface area contributed by atoms with Crippen LogP contribution in [-0.4, -0.2) is 20.3 Å². The van der Waals surface area contributed by atoms with Crippen LogP contribution in [0.2, 0.25) is 0 Å². The van der Waals surface area contributed by atoms with E-state index >= 15 is 0 Å². The lowest BCUT2D eigenvalue weighted by atomic mass is 10.1. The van der Waals surface area contributed by atoms with Gasteiger partial charge in [0.25, 0.3) is 11.5 Å². The van der Waals surface area contributed by atoms with Gasteiger partial charge in [0, 0.05) is 24.3 Å².